The first kappa shape index (κ1) is 15.6. The molecule has 0 aromatic carbocycles. The van der Waals surface area contributed by atoms with Crippen LogP contribution in [-0.4, -0.2) is 37.6 Å². The maximum Gasteiger partial charge on any atom is 0.350 e. The molecule has 0 aliphatic carbocycles. The molecule has 2 rings (SSSR count). The van der Waals surface area contributed by atoms with E-state index in [-0.39, 0.29) is 28.8 Å². The van der Waals surface area contributed by atoms with Gasteiger partial charge in [-0.2, -0.15) is 0 Å². The van der Waals surface area contributed by atoms with Gasteiger partial charge in [0, 0.05) is 19.1 Å². The van der Waals surface area contributed by atoms with Crippen LogP contribution in [0.3, 0.4) is 0 Å². The van der Waals surface area contributed by atoms with E-state index in [1.807, 2.05) is 4.90 Å². The average Bonchev–Trinajstić information content (AvgIpc) is 2.77. The Balaban J connectivity index is 2.38. The van der Waals surface area contributed by atoms with Gasteiger partial charge in [0.05, 0.1) is 17.9 Å². The molecule has 2 heterocycles. The number of piperidine rings is 1. The molecule has 0 radical (unpaired) electrons. The molecule has 1 aromatic rings. The van der Waals surface area contributed by atoms with Crippen molar-refractivity contribution in [3.8, 4) is 0 Å². The zero-order valence-electron chi connectivity index (χ0n) is 11.9. The first-order chi connectivity index (χ1) is 9.95. The Morgan fingerprint density at radius 1 is 1.38 bits per heavy atom. The molecular weight excluding hydrogens is 292 g/mol. The number of nitrogens with two attached hydrogens (primary N) is 3. The van der Waals surface area contributed by atoms with Crippen LogP contribution in [0.2, 0.25) is 0 Å². The highest BCUT2D eigenvalue weighted by atomic mass is 32.1. The largest absolute Gasteiger partial charge is 0.462 e. The minimum Gasteiger partial charge on any atom is -0.462 e. The van der Waals surface area contributed by atoms with Crippen LogP contribution in [0.1, 0.15) is 39.8 Å². The molecule has 0 bridgehead atoms. The molecule has 21 heavy (non-hydrogen) atoms. The number of rotatable bonds is 4. The number of ether oxygens (including phenoxy) is 1. The fourth-order valence-electron chi connectivity index (χ4n) is 2.34. The van der Waals surface area contributed by atoms with Crippen LogP contribution in [0, 0.1) is 0 Å². The highest BCUT2D eigenvalue weighted by molar-refractivity contribution is 7.19. The van der Waals surface area contributed by atoms with Crippen LogP contribution in [0.15, 0.2) is 0 Å². The lowest BCUT2D eigenvalue weighted by Gasteiger charge is -2.31. The van der Waals surface area contributed by atoms with Gasteiger partial charge in [-0.05, 0) is 19.8 Å². The number of carbonyl (C=O) groups excluding carboxylic acids is 2. The van der Waals surface area contributed by atoms with Crippen molar-refractivity contribution < 1.29 is 14.3 Å². The van der Waals surface area contributed by atoms with Crippen LogP contribution in [-0.2, 0) is 4.74 Å². The second kappa shape index (κ2) is 6.31. The summed E-state index contributed by atoms with van der Waals surface area (Å²) in [6, 6.07) is 0.167. The molecule has 8 heteroatoms. The third-order valence-electron chi connectivity index (χ3n) is 3.46. The fraction of sp³-hybridized carbons (Fsp3) is 0.538. The van der Waals surface area contributed by atoms with Gasteiger partial charge in [-0.1, -0.05) is 0 Å². The summed E-state index contributed by atoms with van der Waals surface area (Å²) in [4.78, 5) is 25.8. The number of carbonyl (C=O) groups is 2. The van der Waals surface area contributed by atoms with Crippen LogP contribution < -0.4 is 22.1 Å². The Bertz CT molecular complexity index is 550. The third kappa shape index (κ3) is 3.11. The second-order valence-corrected chi connectivity index (χ2v) is 5.93. The van der Waals surface area contributed by atoms with Crippen molar-refractivity contribution in [2.24, 2.45) is 11.5 Å². The summed E-state index contributed by atoms with van der Waals surface area (Å²) in [5, 5.41) is 0.634. The quantitative estimate of drug-likeness (QED) is 0.697. The lowest BCUT2D eigenvalue weighted by Crippen LogP contribution is -2.40. The Morgan fingerprint density at radius 3 is 2.52 bits per heavy atom. The van der Waals surface area contributed by atoms with E-state index >= 15 is 0 Å². The number of amides is 1. The maximum absolute atomic E-state index is 11.9. The Labute approximate surface area is 127 Å². The van der Waals surface area contributed by atoms with Crippen LogP contribution in [0.25, 0.3) is 0 Å². The molecule has 0 saturated carbocycles. The van der Waals surface area contributed by atoms with E-state index < -0.39 is 11.9 Å². The van der Waals surface area contributed by atoms with Gasteiger partial charge < -0.3 is 26.8 Å². The van der Waals surface area contributed by atoms with Gasteiger partial charge in [0.15, 0.2) is 0 Å². The normalized spacial score (nSPS) is 16.0. The summed E-state index contributed by atoms with van der Waals surface area (Å²) in [5.74, 6) is -1.16. The highest BCUT2D eigenvalue weighted by Crippen LogP contribution is 2.39. The molecule has 1 fully saturated rings. The zero-order valence-corrected chi connectivity index (χ0v) is 12.7. The van der Waals surface area contributed by atoms with Gasteiger partial charge in [-0.25, -0.2) is 4.79 Å². The number of anilines is 2. The van der Waals surface area contributed by atoms with E-state index in [0.717, 1.165) is 24.2 Å². The number of nitrogens with zero attached hydrogens (tertiary/aromatic N) is 1. The van der Waals surface area contributed by atoms with Crippen molar-refractivity contribution in [2.75, 3.05) is 30.3 Å². The second-order valence-electron chi connectivity index (χ2n) is 4.93. The lowest BCUT2D eigenvalue weighted by atomic mass is 10.1. The van der Waals surface area contributed by atoms with E-state index in [1.165, 1.54) is 0 Å². The van der Waals surface area contributed by atoms with Crippen molar-refractivity contribution in [1.82, 2.24) is 0 Å². The number of nitrogen functional groups attached to an aromatic ring is 1. The van der Waals surface area contributed by atoms with Gasteiger partial charge >= 0.3 is 5.97 Å². The first-order valence-corrected chi connectivity index (χ1v) is 7.67. The topological polar surface area (TPSA) is 125 Å². The number of thiophene rings is 1. The maximum atomic E-state index is 11.9. The van der Waals surface area contributed by atoms with Crippen LogP contribution >= 0.6 is 11.3 Å². The molecule has 1 aliphatic rings. The zero-order chi connectivity index (χ0) is 15.6. The van der Waals surface area contributed by atoms with E-state index in [1.54, 1.807) is 6.92 Å². The molecule has 1 aromatic heterocycles. The summed E-state index contributed by atoms with van der Waals surface area (Å²) in [6.07, 6.45) is 1.65. The third-order valence-corrected chi connectivity index (χ3v) is 4.71. The van der Waals surface area contributed by atoms with E-state index in [9.17, 15) is 9.59 Å². The van der Waals surface area contributed by atoms with Gasteiger partial charge in [0.25, 0.3) is 5.91 Å². The molecular formula is C13H20N4O3S. The average molecular weight is 312 g/mol. The fourth-order valence-corrected chi connectivity index (χ4v) is 3.51. The Morgan fingerprint density at radius 2 is 2.00 bits per heavy atom. The molecule has 116 valence electrons. The minimum absolute atomic E-state index is 0.107. The molecule has 1 saturated heterocycles. The van der Waals surface area contributed by atoms with Gasteiger partial charge in [-0.3, -0.25) is 4.79 Å². The van der Waals surface area contributed by atoms with Crippen LogP contribution in [0.5, 0.6) is 0 Å². The van der Waals surface area contributed by atoms with Crippen LogP contribution in [0.4, 0.5) is 10.7 Å². The summed E-state index contributed by atoms with van der Waals surface area (Å²) in [6.45, 7) is 3.38. The van der Waals surface area contributed by atoms with Crippen molar-refractivity contribution in [1.29, 1.82) is 0 Å². The number of primary amides is 1. The minimum atomic E-state index is -0.635. The monoisotopic (exact) mass is 312 g/mol. The van der Waals surface area contributed by atoms with Crippen molar-refractivity contribution in [2.45, 2.75) is 25.8 Å². The van der Waals surface area contributed by atoms with Gasteiger partial charge in [0.2, 0.25) is 0 Å². The lowest BCUT2D eigenvalue weighted by molar-refractivity contribution is 0.0533. The molecule has 7 nitrogen and oxygen atoms in total. The SMILES string of the molecule is CCOC(=O)c1sc(N2CCC(N)CC2)c(C(N)=O)c1N. The summed E-state index contributed by atoms with van der Waals surface area (Å²) >= 11 is 1.15. The highest BCUT2D eigenvalue weighted by Gasteiger charge is 2.29. The molecule has 1 aliphatic heterocycles. The van der Waals surface area contributed by atoms with Gasteiger partial charge in [-0.15, -0.1) is 11.3 Å². The molecule has 0 atom stereocenters. The summed E-state index contributed by atoms with van der Waals surface area (Å²) < 4.78 is 4.96. The van der Waals surface area contributed by atoms with Crippen molar-refractivity contribution in [3.63, 3.8) is 0 Å². The predicted molar refractivity (Wildman–Crippen MR) is 82.6 cm³/mol. The molecule has 6 N–H and O–H groups in total. The van der Waals surface area contributed by atoms with E-state index in [0.29, 0.717) is 18.1 Å². The van der Waals surface area contributed by atoms with Crippen molar-refractivity contribution >= 4 is 33.9 Å². The smallest absolute Gasteiger partial charge is 0.350 e. The van der Waals surface area contributed by atoms with Gasteiger partial charge in [0.1, 0.15) is 9.88 Å². The number of esters is 1. The summed E-state index contributed by atoms with van der Waals surface area (Å²) in [7, 11) is 0. The number of hydrogen-bond donors (Lipinski definition) is 3. The van der Waals surface area contributed by atoms with E-state index in [4.69, 9.17) is 21.9 Å². The summed E-state index contributed by atoms with van der Waals surface area (Å²) in [5.41, 5.74) is 17.5. The van der Waals surface area contributed by atoms with E-state index in [2.05, 4.69) is 0 Å². The number of hydrogen-bond acceptors (Lipinski definition) is 7. The predicted octanol–water partition coefficient (Wildman–Crippen LogP) is 0.533. The molecule has 0 unspecified atom stereocenters. The van der Waals surface area contributed by atoms with Crippen molar-refractivity contribution in [3.05, 3.63) is 10.4 Å². The first-order valence-electron chi connectivity index (χ1n) is 6.85. The molecule has 0 spiro atoms. The standard InChI is InChI=1S/C13H20N4O3S/c1-2-20-13(19)10-9(15)8(11(16)18)12(21-10)17-5-3-7(14)4-6-17/h7H,2-6,14-15H2,1H3,(H2,16,18). The Kier molecular flexibility index (Phi) is 4.69. The Hall–Kier alpha value is -1.80. The molecule has 1 amide bonds.